The number of nitrogens with two attached hydrogens (primary N) is 1. The summed E-state index contributed by atoms with van der Waals surface area (Å²) in [6.45, 7) is 1.92. The maximum absolute atomic E-state index is 5.55. The molecule has 0 aliphatic carbocycles. The van der Waals surface area contributed by atoms with Gasteiger partial charge in [-0.15, -0.1) is 5.10 Å². The molecule has 2 heterocycles. The SMILES string of the molecule is Cc1nnsc1C(NN)c1ccnn1C. The van der Waals surface area contributed by atoms with Crippen LogP contribution < -0.4 is 11.3 Å². The third-order valence-electron chi connectivity index (χ3n) is 2.27. The van der Waals surface area contributed by atoms with Crippen molar-refractivity contribution >= 4 is 11.5 Å². The predicted octanol–water partition coefficient (Wildman–Crippen LogP) is 0.133. The minimum absolute atomic E-state index is 0.0995. The number of aromatic nitrogens is 4. The number of hydrazine groups is 1. The monoisotopic (exact) mass is 224 g/mol. The molecule has 6 nitrogen and oxygen atoms in total. The fourth-order valence-corrected chi connectivity index (χ4v) is 2.18. The summed E-state index contributed by atoms with van der Waals surface area (Å²) in [7, 11) is 1.88. The molecular formula is C8H12N6S. The highest BCUT2D eigenvalue weighted by atomic mass is 32.1. The first-order valence-electron chi connectivity index (χ1n) is 4.47. The van der Waals surface area contributed by atoms with Gasteiger partial charge in [-0.25, -0.2) is 5.43 Å². The van der Waals surface area contributed by atoms with Crippen LogP contribution in [-0.2, 0) is 7.05 Å². The summed E-state index contributed by atoms with van der Waals surface area (Å²) in [6.07, 6.45) is 1.74. The van der Waals surface area contributed by atoms with Gasteiger partial charge in [-0.1, -0.05) is 4.49 Å². The smallest absolute Gasteiger partial charge is 0.100 e. The van der Waals surface area contributed by atoms with E-state index in [0.717, 1.165) is 16.3 Å². The average Bonchev–Trinajstić information content (AvgIpc) is 2.80. The summed E-state index contributed by atoms with van der Waals surface area (Å²) in [6, 6.07) is 1.82. The quantitative estimate of drug-likeness (QED) is 0.572. The van der Waals surface area contributed by atoms with Gasteiger partial charge >= 0.3 is 0 Å². The third kappa shape index (κ3) is 1.76. The maximum Gasteiger partial charge on any atom is 0.100 e. The number of aryl methyl sites for hydroxylation is 2. The largest absolute Gasteiger partial charge is 0.271 e. The van der Waals surface area contributed by atoms with Crippen LogP contribution in [0.15, 0.2) is 12.3 Å². The lowest BCUT2D eigenvalue weighted by Crippen LogP contribution is -2.30. The van der Waals surface area contributed by atoms with Crippen molar-refractivity contribution in [3.63, 3.8) is 0 Å². The van der Waals surface area contributed by atoms with Gasteiger partial charge in [-0.3, -0.25) is 10.5 Å². The lowest BCUT2D eigenvalue weighted by Gasteiger charge is -2.14. The Morgan fingerprint density at radius 1 is 1.60 bits per heavy atom. The molecular weight excluding hydrogens is 212 g/mol. The van der Waals surface area contributed by atoms with E-state index in [1.165, 1.54) is 11.5 Å². The van der Waals surface area contributed by atoms with E-state index in [4.69, 9.17) is 5.84 Å². The van der Waals surface area contributed by atoms with Crippen LogP contribution in [0.25, 0.3) is 0 Å². The van der Waals surface area contributed by atoms with Crippen molar-refractivity contribution in [2.24, 2.45) is 12.9 Å². The fourth-order valence-electron chi connectivity index (χ4n) is 1.47. The standard InChI is InChI=1S/C8H12N6S/c1-5-8(15-13-12-5)7(11-9)6-3-4-10-14(6)2/h3-4,7,11H,9H2,1-2H3. The van der Waals surface area contributed by atoms with Crippen LogP contribution in [0.3, 0.4) is 0 Å². The number of hydrogen-bond acceptors (Lipinski definition) is 6. The van der Waals surface area contributed by atoms with E-state index < -0.39 is 0 Å². The van der Waals surface area contributed by atoms with Crippen molar-refractivity contribution in [2.75, 3.05) is 0 Å². The first-order valence-corrected chi connectivity index (χ1v) is 5.24. The normalized spacial score (nSPS) is 13.0. The second kappa shape index (κ2) is 4.05. The zero-order chi connectivity index (χ0) is 10.8. The van der Waals surface area contributed by atoms with Gasteiger partial charge < -0.3 is 0 Å². The molecule has 0 bridgehead atoms. The molecule has 0 aliphatic heterocycles. The molecule has 2 aromatic rings. The van der Waals surface area contributed by atoms with Crippen molar-refractivity contribution in [2.45, 2.75) is 13.0 Å². The van der Waals surface area contributed by atoms with Crippen LogP contribution >= 0.6 is 11.5 Å². The molecule has 2 aromatic heterocycles. The molecule has 2 rings (SSSR count). The number of nitrogens with one attached hydrogen (secondary N) is 1. The van der Waals surface area contributed by atoms with Crippen LogP contribution in [0.1, 0.15) is 22.3 Å². The highest BCUT2D eigenvalue weighted by Crippen LogP contribution is 2.25. The molecule has 15 heavy (non-hydrogen) atoms. The summed E-state index contributed by atoms with van der Waals surface area (Å²) in [5, 5.41) is 8.08. The van der Waals surface area contributed by atoms with Crippen LogP contribution in [0.2, 0.25) is 0 Å². The summed E-state index contributed by atoms with van der Waals surface area (Å²) in [5.41, 5.74) is 4.64. The second-order valence-electron chi connectivity index (χ2n) is 3.20. The molecule has 0 saturated heterocycles. The fraction of sp³-hybridized carbons (Fsp3) is 0.375. The van der Waals surface area contributed by atoms with E-state index in [9.17, 15) is 0 Å². The summed E-state index contributed by atoms with van der Waals surface area (Å²) in [4.78, 5) is 1.01. The Morgan fingerprint density at radius 2 is 2.40 bits per heavy atom. The van der Waals surface area contributed by atoms with E-state index in [1.807, 2.05) is 20.0 Å². The molecule has 0 amide bonds. The van der Waals surface area contributed by atoms with E-state index in [2.05, 4.69) is 20.1 Å². The molecule has 80 valence electrons. The first kappa shape index (κ1) is 10.2. The number of rotatable bonds is 3. The lowest BCUT2D eigenvalue weighted by atomic mass is 10.1. The third-order valence-corrected chi connectivity index (χ3v) is 3.16. The Labute approximate surface area is 91.2 Å². The highest BCUT2D eigenvalue weighted by molar-refractivity contribution is 7.05. The van der Waals surface area contributed by atoms with Gasteiger partial charge in [0.05, 0.1) is 16.3 Å². The van der Waals surface area contributed by atoms with Crippen LogP contribution in [0.5, 0.6) is 0 Å². The molecule has 1 atom stereocenters. The van der Waals surface area contributed by atoms with Gasteiger partial charge in [0, 0.05) is 13.2 Å². The Kier molecular flexibility index (Phi) is 2.76. The molecule has 0 aliphatic rings. The van der Waals surface area contributed by atoms with E-state index >= 15 is 0 Å². The van der Waals surface area contributed by atoms with Crippen LogP contribution in [0.4, 0.5) is 0 Å². The van der Waals surface area contributed by atoms with Gasteiger partial charge in [0.2, 0.25) is 0 Å². The Morgan fingerprint density at radius 3 is 2.87 bits per heavy atom. The summed E-state index contributed by atoms with van der Waals surface area (Å²) >= 11 is 1.34. The molecule has 0 fully saturated rings. The average molecular weight is 224 g/mol. The Hall–Kier alpha value is -1.31. The van der Waals surface area contributed by atoms with Gasteiger partial charge in [-0.2, -0.15) is 5.10 Å². The van der Waals surface area contributed by atoms with Gasteiger partial charge in [-0.05, 0) is 24.5 Å². The summed E-state index contributed by atoms with van der Waals surface area (Å²) in [5.74, 6) is 5.55. The highest BCUT2D eigenvalue weighted by Gasteiger charge is 2.20. The Bertz CT molecular complexity index is 407. The minimum Gasteiger partial charge on any atom is -0.271 e. The molecule has 7 heteroatoms. The first-order chi connectivity index (χ1) is 7.24. The number of nitrogens with zero attached hydrogens (tertiary/aromatic N) is 4. The molecule has 3 N–H and O–H groups in total. The van der Waals surface area contributed by atoms with Gasteiger partial charge in [0.1, 0.15) is 6.04 Å². The van der Waals surface area contributed by atoms with E-state index in [1.54, 1.807) is 10.9 Å². The van der Waals surface area contributed by atoms with Crippen molar-refractivity contribution in [3.8, 4) is 0 Å². The lowest BCUT2D eigenvalue weighted by molar-refractivity contribution is 0.579. The number of hydrogen-bond donors (Lipinski definition) is 2. The zero-order valence-corrected chi connectivity index (χ0v) is 9.32. The van der Waals surface area contributed by atoms with Crippen molar-refractivity contribution < 1.29 is 0 Å². The molecule has 0 aromatic carbocycles. The van der Waals surface area contributed by atoms with Crippen LogP contribution in [0, 0.1) is 6.92 Å². The van der Waals surface area contributed by atoms with Gasteiger partial charge in [0.25, 0.3) is 0 Å². The summed E-state index contributed by atoms with van der Waals surface area (Å²) < 4.78 is 5.68. The van der Waals surface area contributed by atoms with E-state index in [-0.39, 0.29) is 6.04 Å². The Balaban J connectivity index is 2.41. The van der Waals surface area contributed by atoms with E-state index in [0.29, 0.717) is 0 Å². The molecule has 0 radical (unpaired) electrons. The zero-order valence-electron chi connectivity index (χ0n) is 8.51. The second-order valence-corrected chi connectivity index (χ2v) is 3.99. The predicted molar refractivity (Wildman–Crippen MR) is 57.0 cm³/mol. The molecule has 0 spiro atoms. The minimum atomic E-state index is -0.0995. The van der Waals surface area contributed by atoms with Crippen molar-refractivity contribution in [1.29, 1.82) is 0 Å². The van der Waals surface area contributed by atoms with Crippen molar-refractivity contribution in [3.05, 3.63) is 28.5 Å². The topological polar surface area (TPSA) is 81.7 Å². The van der Waals surface area contributed by atoms with Crippen molar-refractivity contribution in [1.82, 2.24) is 24.8 Å². The van der Waals surface area contributed by atoms with Gasteiger partial charge in [0.15, 0.2) is 0 Å². The molecule has 0 saturated carbocycles. The molecule has 1 unspecified atom stereocenters. The maximum atomic E-state index is 5.55. The van der Waals surface area contributed by atoms with Crippen LogP contribution in [-0.4, -0.2) is 19.4 Å².